The van der Waals surface area contributed by atoms with Gasteiger partial charge in [-0.05, 0) is 55.8 Å². The van der Waals surface area contributed by atoms with Crippen molar-refractivity contribution in [2.45, 2.75) is 32.8 Å². The molecule has 1 aliphatic heterocycles. The zero-order valence-electron chi connectivity index (χ0n) is 16.9. The minimum Gasteiger partial charge on any atom is -0.495 e. The normalized spacial score (nSPS) is 14.4. The molecule has 0 spiro atoms. The van der Waals surface area contributed by atoms with Gasteiger partial charge in [0.2, 0.25) is 11.8 Å². The van der Waals surface area contributed by atoms with Crippen molar-refractivity contribution < 1.29 is 28.7 Å². The second-order valence-electron chi connectivity index (χ2n) is 6.91. The molecule has 8 nitrogen and oxygen atoms in total. The summed E-state index contributed by atoms with van der Waals surface area (Å²) in [4.78, 5) is 49.5. The Hall–Kier alpha value is -3.68. The van der Waals surface area contributed by atoms with Crippen molar-refractivity contribution in [3.8, 4) is 5.75 Å². The number of imide groups is 1. The second kappa shape index (κ2) is 8.77. The maximum atomic E-state index is 12.4. The molecule has 2 aromatic rings. The van der Waals surface area contributed by atoms with E-state index in [1.807, 2.05) is 13.0 Å². The predicted molar refractivity (Wildman–Crippen MR) is 109 cm³/mol. The van der Waals surface area contributed by atoms with Crippen LogP contribution in [0.3, 0.4) is 0 Å². The number of methoxy groups -OCH3 is 1. The smallest absolute Gasteiger partial charge is 0.338 e. The Balaban J connectivity index is 1.64. The minimum atomic E-state index is -1.05. The molecule has 1 aliphatic rings. The second-order valence-corrected chi connectivity index (χ2v) is 6.91. The van der Waals surface area contributed by atoms with Gasteiger partial charge in [0.15, 0.2) is 6.10 Å². The van der Waals surface area contributed by atoms with Crippen molar-refractivity contribution in [3.63, 3.8) is 0 Å². The highest BCUT2D eigenvalue weighted by Crippen LogP contribution is 2.26. The molecule has 0 saturated carbocycles. The number of hydrogen-bond acceptors (Lipinski definition) is 6. The Morgan fingerprint density at radius 1 is 1.03 bits per heavy atom. The lowest BCUT2D eigenvalue weighted by atomic mass is 10.2. The van der Waals surface area contributed by atoms with Crippen LogP contribution in [0.5, 0.6) is 5.75 Å². The van der Waals surface area contributed by atoms with Crippen LogP contribution in [0.15, 0.2) is 42.5 Å². The lowest BCUT2D eigenvalue weighted by molar-refractivity contribution is -0.124. The van der Waals surface area contributed by atoms with Crippen molar-refractivity contribution >= 4 is 35.1 Å². The lowest BCUT2D eigenvalue weighted by Crippen LogP contribution is -2.30. The standard InChI is InChI=1S/C22H22N2O6/c1-13-4-9-18(29-3)17(12-13)23-21(27)14(2)30-22(28)15-5-7-16(8-6-15)24-19(25)10-11-20(24)26/h4-9,12,14H,10-11H2,1-3H3,(H,23,27)/t14-/m0/s1. The van der Waals surface area contributed by atoms with E-state index in [4.69, 9.17) is 9.47 Å². The van der Waals surface area contributed by atoms with Gasteiger partial charge in [0.25, 0.3) is 5.91 Å². The molecular formula is C22H22N2O6. The number of carbonyl (C=O) groups is 4. The first-order valence-electron chi connectivity index (χ1n) is 9.42. The van der Waals surface area contributed by atoms with E-state index in [9.17, 15) is 19.2 Å². The molecule has 30 heavy (non-hydrogen) atoms. The van der Waals surface area contributed by atoms with Crippen LogP contribution in [0.4, 0.5) is 11.4 Å². The van der Waals surface area contributed by atoms with Crippen LogP contribution < -0.4 is 15.0 Å². The van der Waals surface area contributed by atoms with E-state index in [1.165, 1.54) is 38.3 Å². The van der Waals surface area contributed by atoms with Gasteiger partial charge in [0.05, 0.1) is 24.0 Å². The molecule has 3 rings (SSSR count). The topological polar surface area (TPSA) is 102 Å². The Kier molecular flexibility index (Phi) is 6.15. The molecule has 3 amide bonds. The molecule has 0 radical (unpaired) electrons. The number of amides is 3. The van der Waals surface area contributed by atoms with Crippen molar-refractivity contribution in [3.05, 3.63) is 53.6 Å². The van der Waals surface area contributed by atoms with Crippen molar-refractivity contribution in [2.24, 2.45) is 0 Å². The van der Waals surface area contributed by atoms with Crippen LogP contribution in [0.25, 0.3) is 0 Å². The highest BCUT2D eigenvalue weighted by molar-refractivity contribution is 6.19. The molecular weight excluding hydrogens is 388 g/mol. The van der Waals surface area contributed by atoms with Gasteiger partial charge in [-0.15, -0.1) is 0 Å². The number of ether oxygens (including phenoxy) is 2. The molecule has 0 bridgehead atoms. The third-order valence-corrected chi connectivity index (χ3v) is 4.68. The van der Waals surface area contributed by atoms with Crippen LogP contribution in [-0.4, -0.2) is 36.9 Å². The number of nitrogens with zero attached hydrogens (tertiary/aromatic N) is 1. The summed E-state index contributed by atoms with van der Waals surface area (Å²) in [5.74, 6) is -1.25. The van der Waals surface area contributed by atoms with E-state index >= 15 is 0 Å². The number of aryl methyl sites for hydroxylation is 1. The predicted octanol–water partition coefficient (Wildman–Crippen LogP) is 2.84. The quantitative estimate of drug-likeness (QED) is 0.580. The van der Waals surface area contributed by atoms with Gasteiger partial charge in [-0.2, -0.15) is 0 Å². The van der Waals surface area contributed by atoms with Crippen LogP contribution >= 0.6 is 0 Å². The molecule has 1 heterocycles. The zero-order valence-corrected chi connectivity index (χ0v) is 16.9. The molecule has 0 unspecified atom stereocenters. The molecule has 8 heteroatoms. The summed E-state index contributed by atoms with van der Waals surface area (Å²) in [6, 6.07) is 11.2. The van der Waals surface area contributed by atoms with E-state index in [1.54, 1.807) is 12.1 Å². The van der Waals surface area contributed by atoms with Crippen LogP contribution in [0, 0.1) is 6.92 Å². The summed E-state index contributed by atoms with van der Waals surface area (Å²) in [7, 11) is 1.50. The third-order valence-electron chi connectivity index (χ3n) is 4.68. The number of carbonyl (C=O) groups excluding carboxylic acids is 4. The molecule has 0 aromatic heterocycles. The molecule has 1 N–H and O–H groups in total. The number of hydrogen-bond donors (Lipinski definition) is 1. The Bertz CT molecular complexity index is 983. The van der Waals surface area contributed by atoms with Gasteiger partial charge in [0.1, 0.15) is 5.75 Å². The van der Waals surface area contributed by atoms with Gasteiger partial charge in [0, 0.05) is 12.8 Å². The fourth-order valence-corrected chi connectivity index (χ4v) is 3.05. The van der Waals surface area contributed by atoms with Crippen molar-refractivity contribution in [1.29, 1.82) is 0 Å². The maximum Gasteiger partial charge on any atom is 0.338 e. The number of esters is 1. The third kappa shape index (κ3) is 4.48. The Labute approximate surface area is 173 Å². The average molecular weight is 410 g/mol. The van der Waals surface area contributed by atoms with E-state index in [0.29, 0.717) is 17.1 Å². The van der Waals surface area contributed by atoms with Gasteiger partial charge < -0.3 is 14.8 Å². The molecule has 2 aromatic carbocycles. The fraction of sp³-hybridized carbons (Fsp3) is 0.273. The molecule has 156 valence electrons. The molecule has 0 aliphatic carbocycles. The van der Waals surface area contributed by atoms with Crippen LogP contribution in [0.1, 0.15) is 35.7 Å². The highest BCUT2D eigenvalue weighted by Gasteiger charge is 2.30. The number of anilines is 2. The van der Waals surface area contributed by atoms with E-state index in [-0.39, 0.29) is 30.2 Å². The largest absolute Gasteiger partial charge is 0.495 e. The van der Waals surface area contributed by atoms with Gasteiger partial charge in [-0.25, -0.2) is 4.79 Å². The Morgan fingerprint density at radius 3 is 2.27 bits per heavy atom. The fourth-order valence-electron chi connectivity index (χ4n) is 3.05. The summed E-state index contributed by atoms with van der Waals surface area (Å²) in [5, 5.41) is 2.69. The van der Waals surface area contributed by atoms with E-state index in [0.717, 1.165) is 10.5 Å². The van der Waals surface area contributed by atoms with Crippen LogP contribution in [-0.2, 0) is 19.1 Å². The molecule has 1 atom stereocenters. The zero-order chi connectivity index (χ0) is 21.8. The maximum absolute atomic E-state index is 12.4. The SMILES string of the molecule is COc1ccc(C)cc1NC(=O)[C@H](C)OC(=O)c1ccc(N2C(=O)CCC2=O)cc1. The number of nitrogens with one attached hydrogen (secondary N) is 1. The van der Waals surface area contributed by atoms with Crippen molar-refractivity contribution in [2.75, 3.05) is 17.3 Å². The average Bonchev–Trinajstić information content (AvgIpc) is 3.06. The van der Waals surface area contributed by atoms with E-state index in [2.05, 4.69) is 5.32 Å². The monoisotopic (exact) mass is 410 g/mol. The van der Waals surface area contributed by atoms with Gasteiger partial charge >= 0.3 is 5.97 Å². The number of rotatable bonds is 6. The molecule has 1 saturated heterocycles. The highest BCUT2D eigenvalue weighted by atomic mass is 16.5. The van der Waals surface area contributed by atoms with E-state index < -0.39 is 18.0 Å². The summed E-state index contributed by atoms with van der Waals surface area (Å²) in [6.45, 7) is 3.34. The minimum absolute atomic E-state index is 0.182. The number of benzene rings is 2. The summed E-state index contributed by atoms with van der Waals surface area (Å²) in [6.07, 6.45) is -0.689. The molecule has 1 fully saturated rings. The Morgan fingerprint density at radius 2 is 1.67 bits per heavy atom. The summed E-state index contributed by atoms with van der Waals surface area (Å²) >= 11 is 0. The van der Waals surface area contributed by atoms with Crippen LogP contribution in [0.2, 0.25) is 0 Å². The van der Waals surface area contributed by atoms with Gasteiger partial charge in [-0.3, -0.25) is 19.3 Å². The first-order valence-corrected chi connectivity index (χ1v) is 9.42. The lowest BCUT2D eigenvalue weighted by Gasteiger charge is -2.16. The summed E-state index contributed by atoms with van der Waals surface area (Å²) in [5.41, 5.74) is 2.02. The van der Waals surface area contributed by atoms with Crippen molar-refractivity contribution in [1.82, 2.24) is 0 Å². The first-order chi connectivity index (χ1) is 14.3. The first kappa shape index (κ1) is 21.0. The van der Waals surface area contributed by atoms with Gasteiger partial charge in [-0.1, -0.05) is 6.07 Å². The summed E-state index contributed by atoms with van der Waals surface area (Å²) < 4.78 is 10.5.